The summed E-state index contributed by atoms with van der Waals surface area (Å²) in [5.74, 6) is 1.56. The highest BCUT2D eigenvalue weighted by molar-refractivity contribution is 4.86. The van der Waals surface area contributed by atoms with Crippen LogP contribution in [0.1, 0.15) is 19.2 Å². The summed E-state index contributed by atoms with van der Waals surface area (Å²) in [5.41, 5.74) is 5.59. The molecule has 0 saturated carbocycles. The standard InChI is InChI=1S/C8H16N4/c1-3-7(5-9)4-8-10-6-11-12(8)2/h6-7H,3-5,9H2,1-2H3. The van der Waals surface area contributed by atoms with E-state index >= 15 is 0 Å². The van der Waals surface area contributed by atoms with Gasteiger partial charge >= 0.3 is 0 Å². The van der Waals surface area contributed by atoms with Gasteiger partial charge in [0.05, 0.1) is 0 Å². The smallest absolute Gasteiger partial charge is 0.138 e. The van der Waals surface area contributed by atoms with Crippen LogP contribution in [0, 0.1) is 5.92 Å². The van der Waals surface area contributed by atoms with Gasteiger partial charge in [-0.15, -0.1) is 0 Å². The van der Waals surface area contributed by atoms with E-state index in [1.807, 2.05) is 7.05 Å². The fourth-order valence-corrected chi connectivity index (χ4v) is 1.16. The van der Waals surface area contributed by atoms with Crippen LogP contribution in [0.5, 0.6) is 0 Å². The van der Waals surface area contributed by atoms with Gasteiger partial charge in [-0.05, 0) is 12.5 Å². The molecule has 0 aliphatic rings. The van der Waals surface area contributed by atoms with E-state index in [1.54, 1.807) is 11.0 Å². The van der Waals surface area contributed by atoms with Crippen molar-refractivity contribution in [3.8, 4) is 0 Å². The molecular weight excluding hydrogens is 152 g/mol. The van der Waals surface area contributed by atoms with Gasteiger partial charge in [-0.3, -0.25) is 4.68 Å². The van der Waals surface area contributed by atoms with Gasteiger partial charge in [0.25, 0.3) is 0 Å². The Balaban J connectivity index is 2.56. The SMILES string of the molecule is CCC(CN)Cc1ncnn1C. The van der Waals surface area contributed by atoms with Crippen LogP contribution in [0.25, 0.3) is 0 Å². The molecule has 0 aliphatic heterocycles. The molecule has 12 heavy (non-hydrogen) atoms. The molecule has 68 valence electrons. The molecule has 0 spiro atoms. The molecule has 1 aromatic heterocycles. The number of hydrogen-bond donors (Lipinski definition) is 1. The van der Waals surface area contributed by atoms with E-state index < -0.39 is 0 Å². The summed E-state index contributed by atoms with van der Waals surface area (Å²) >= 11 is 0. The van der Waals surface area contributed by atoms with Gasteiger partial charge in [-0.1, -0.05) is 13.3 Å². The molecule has 1 unspecified atom stereocenters. The maximum atomic E-state index is 5.59. The highest BCUT2D eigenvalue weighted by Crippen LogP contribution is 2.07. The van der Waals surface area contributed by atoms with Crippen molar-refractivity contribution >= 4 is 0 Å². The third kappa shape index (κ3) is 2.04. The van der Waals surface area contributed by atoms with E-state index in [0.29, 0.717) is 5.92 Å². The lowest BCUT2D eigenvalue weighted by Crippen LogP contribution is -2.17. The normalized spacial score (nSPS) is 13.2. The summed E-state index contributed by atoms with van der Waals surface area (Å²) in [6, 6.07) is 0. The van der Waals surface area contributed by atoms with Gasteiger partial charge in [0.1, 0.15) is 12.2 Å². The van der Waals surface area contributed by atoms with Gasteiger partial charge in [0.15, 0.2) is 0 Å². The van der Waals surface area contributed by atoms with Crippen LogP contribution >= 0.6 is 0 Å². The monoisotopic (exact) mass is 168 g/mol. The van der Waals surface area contributed by atoms with Crippen molar-refractivity contribution in [2.45, 2.75) is 19.8 Å². The van der Waals surface area contributed by atoms with Crippen molar-refractivity contribution in [3.05, 3.63) is 12.2 Å². The van der Waals surface area contributed by atoms with Crippen molar-refractivity contribution in [2.24, 2.45) is 18.7 Å². The lowest BCUT2D eigenvalue weighted by atomic mass is 10.0. The maximum absolute atomic E-state index is 5.59. The fourth-order valence-electron chi connectivity index (χ4n) is 1.16. The van der Waals surface area contributed by atoms with Crippen LogP contribution in [0.15, 0.2) is 6.33 Å². The quantitative estimate of drug-likeness (QED) is 0.705. The number of aryl methyl sites for hydroxylation is 1. The minimum absolute atomic E-state index is 0.535. The van der Waals surface area contributed by atoms with Crippen molar-refractivity contribution in [1.82, 2.24) is 14.8 Å². The van der Waals surface area contributed by atoms with Gasteiger partial charge in [0.2, 0.25) is 0 Å². The van der Waals surface area contributed by atoms with Crippen molar-refractivity contribution < 1.29 is 0 Å². The summed E-state index contributed by atoms with van der Waals surface area (Å²) in [6.45, 7) is 2.87. The summed E-state index contributed by atoms with van der Waals surface area (Å²) < 4.78 is 1.80. The molecular formula is C8H16N4. The lowest BCUT2D eigenvalue weighted by molar-refractivity contribution is 0.492. The Morgan fingerprint density at radius 3 is 2.83 bits per heavy atom. The Labute approximate surface area is 72.8 Å². The van der Waals surface area contributed by atoms with E-state index in [2.05, 4.69) is 17.0 Å². The number of hydrogen-bond acceptors (Lipinski definition) is 3. The summed E-state index contributed by atoms with van der Waals surface area (Å²) in [6.07, 6.45) is 3.62. The predicted molar refractivity (Wildman–Crippen MR) is 47.5 cm³/mol. The Bertz CT molecular complexity index is 227. The van der Waals surface area contributed by atoms with Crippen molar-refractivity contribution in [3.63, 3.8) is 0 Å². The van der Waals surface area contributed by atoms with Gasteiger partial charge in [0, 0.05) is 13.5 Å². The van der Waals surface area contributed by atoms with Crippen molar-refractivity contribution in [1.29, 1.82) is 0 Å². The van der Waals surface area contributed by atoms with E-state index in [9.17, 15) is 0 Å². The number of nitrogens with two attached hydrogens (primary N) is 1. The highest BCUT2D eigenvalue weighted by Gasteiger charge is 2.08. The largest absolute Gasteiger partial charge is 0.330 e. The van der Waals surface area contributed by atoms with Crippen LogP contribution in [-0.4, -0.2) is 21.3 Å². The molecule has 0 radical (unpaired) electrons. The molecule has 2 N–H and O–H groups in total. The molecule has 0 aromatic carbocycles. The van der Waals surface area contributed by atoms with Crippen LogP contribution < -0.4 is 5.73 Å². The second kappa shape index (κ2) is 4.21. The molecule has 0 fully saturated rings. The van der Waals surface area contributed by atoms with Crippen LogP contribution in [0.2, 0.25) is 0 Å². The third-order valence-corrected chi connectivity index (χ3v) is 2.19. The Morgan fingerprint density at radius 2 is 2.42 bits per heavy atom. The van der Waals surface area contributed by atoms with Crippen LogP contribution in [0.3, 0.4) is 0 Å². The minimum Gasteiger partial charge on any atom is -0.330 e. The minimum atomic E-state index is 0.535. The molecule has 1 rings (SSSR count). The molecule has 0 amide bonds. The predicted octanol–water partition coefficient (Wildman–Crippen LogP) is 0.342. The molecule has 0 saturated heterocycles. The lowest BCUT2D eigenvalue weighted by Gasteiger charge is -2.10. The topological polar surface area (TPSA) is 56.7 Å². The molecule has 1 heterocycles. The zero-order valence-electron chi connectivity index (χ0n) is 7.70. The number of rotatable bonds is 4. The van der Waals surface area contributed by atoms with Gasteiger partial charge in [-0.2, -0.15) is 5.10 Å². The van der Waals surface area contributed by atoms with E-state index in [4.69, 9.17) is 5.73 Å². The van der Waals surface area contributed by atoms with Crippen molar-refractivity contribution in [2.75, 3.05) is 6.54 Å². The summed E-state index contributed by atoms with van der Waals surface area (Å²) in [5, 5.41) is 4.00. The molecule has 1 atom stereocenters. The summed E-state index contributed by atoms with van der Waals surface area (Å²) in [7, 11) is 1.91. The second-order valence-electron chi connectivity index (χ2n) is 3.01. The Morgan fingerprint density at radius 1 is 1.67 bits per heavy atom. The van der Waals surface area contributed by atoms with E-state index in [1.165, 1.54) is 0 Å². The Hall–Kier alpha value is -0.900. The first-order valence-electron chi connectivity index (χ1n) is 4.30. The fraction of sp³-hybridized carbons (Fsp3) is 0.750. The first-order valence-corrected chi connectivity index (χ1v) is 4.30. The summed E-state index contributed by atoms with van der Waals surface area (Å²) in [4.78, 5) is 4.15. The molecule has 4 heteroatoms. The molecule has 0 aliphatic carbocycles. The zero-order chi connectivity index (χ0) is 8.97. The first-order chi connectivity index (χ1) is 5.77. The molecule has 4 nitrogen and oxygen atoms in total. The van der Waals surface area contributed by atoms with Gasteiger partial charge < -0.3 is 5.73 Å². The maximum Gasteiger partial charge on any atom is 0.138 e. The Kier molecular flexibility index (Phi) is 3.22. The van der Waals surface area contributed by atoms with E-state index in [0.717, 1.165) is 25.2 Å². The van der Waals surface area contributed by atoms with E-state index in [-0.39, 0.29) is 0 Å². The van der Waals surface area contributed by atoms with Gasteiger partial charge in [-0.25, -0.2) is 4.98 Å². The highest BCUT2D eigenvalue weighted by atomic mass is 15.3. The number of aromatic nitrogens is 3. The third-order valence-electron chi connectivity index (χ3n) is 2.19. The first kappa shape index (κ1) is 9.19. The average molecular weight is 168 g/mol. The van der Waals surface area contributed by atoms with Crippen LogP contribution in [0.4, 0.5) is 0 Å². The number of nitrogens with zero attached hydrogens (tertiary/aromatic N) is 3. The second-order valence-corrected chi connectivity index (χ2v) is 3.01. The average Bonchev–Trinajstić information content (AvgIpc) is 2.47. The molecule has 1 aromatic rings. The molecule has 0 bridgehead atoms. The zero-order valence-corrected chi connectivity index (χ0v) is 7.70. The van der Waals surface area contributed by atoms with Crippen LogP contribution in [-0.2, 0) is 13.5 Å².